The summed E-state index contributed by atoms with van der Waals surface area (Å²) in [5, 5.41) is 18.8. The fraction of sp³-hybridized carbons (Fsp3) is 1.00. The van der Waals surface area contributed by atoms with Crippen molar-refractivity contribution in [3.8, 4) is 0 Å². The molecule has 0 aliphatic carbocycles. The van der Waals surface area contributed by atoms with Gasteiger partial charge in [0.1, 0.15) is 0 Å². The molecule has 0 fully saturated rings. The highest BCUT2D eigenvalue weighted by atomic mass is 32.1. The molecule has 0 heterocycles. The van der Waals surface area contributed by atoms with Gasteiger partial charge in [0.05, 0.1) is 76.3 Å². The van der Waals surface area contributed by atoms with Crippen LogP contribution in [0.15, 0.2) is 0 Å². The molecule has 9 heteroatoms. The Bertz CT molecular complexity index is 309. The van der Waals surface area contributed by atoms with Crippen molar-refractivity contribution in [1.82, 2.24) is 0 Å². The van der Waals surface area contributed by atoms with Crippen LogP contribution < -0.4 is 0 Å². The minimum absolute atomic E-state index is 0.0666. The van der Waals surface area contributed by atoms with E-state index in [-0.39, 0.29) is 37.6 Å². The molecule has 164 valence electrons. The van der Waals surface area contributed by atoms with Crippen molar-refractivity contribution < 1.29 is 33.9 Å². The molecule has 0 aromatic rings. The summed E-state index contributed by atoms with van der Waals surface area (Å²) in [6, 6.07) is 0. The van der Waals surface area contributed by atoms with Gasteiger partial charge in [0.2, 0.25) is 0 Å². The van der Waals surface area contributed by atoms with Gasteiger partial charge in [-0.3, -0.25) is 0 Å². The second kappa shape index (κ2) is 17.3. The molecule has 0 aromatic heterocycles. The highest BCUT2D eigenvalue weighted by molar-refractivity contribution is 7.80. The molecule has 0 rings (SSSR count). The quantitative estimate of drug-likeness (QED) is 0.243. The number of hydrogen-bond acceptors (Lipinski definition) is 9. The zero-order valence-electron chi connectivity index (χ0n) is 17.0. The van der Waals surface area contributed by atoms with Gasteiger partial charge in [-0.2, -0.15) is 25.3 Å². The highest BCUT2D eigenvalue weighted by Crippen LogP contribution is 2.02. The number of rotatable bonds is 18. The summed E-state index contributed by atoms with van der Waals surface area (Å²) in [5.74, 6) is 0.751. The van der Waals surface area contributed by atoms with Crippen molar-refractivity contribution in [3.63, 3.8) is 0 Å². The van der Waals surface area contributed by atoms with Crippen molar-refractivity contribution in [3.05, 3.63) is 0 Å². The van der Waals surface area contributed by atoms with E-state index < -0.39 is 12.2 Å². The number of aliphatic hydroxyl groups excluding tert-OH is 2. The van der Waals surface area contributed by atoms with E-state index in [1.54, 1.807) is 0 Å². The minimum Gasteiger partial charge on any atom is -0.390 e. The largest absolute Gasteiger partial charge is 0.390 e. The van der Waals surface area contributed by atoms with E-state index in [1.165, 1.54) is 0 Å². The first-order valence-corrected chi connectivity index (χ1v) is 10.7. The molecule has 0 aliphatic rings. The summed E-state index contributed by atoms with van der Waals surface area (Å²) in [5.41, 5.74) is 0. The average Bonchev–Trinajstić information content (AvgIpc) is 2.66. The van der Waals surface area contributed by atoms with Crippen molar-refractivity contribution in [2.24, 2.45) is 0 Å². The van der Waals surface area contributed by atoms with Crippen LogP contribution in [0.1, 0.15) is 27.7 Å². The lowest BCUT2D eigenvalue weighted by molar-refractivity contribution is -0.0910. The molecule has 0 aliphatic heterocycles. The Labute approximate surface area is 174 Å². The molecule has 0 saturated heterocycles. The Morgan fingerprint density at radius 2 is 0.852 bits per heavy atom. The van der Waals surface area contributed by atoms with Gasteiger partial charge in [-0.15, -0.1) is 0 Å². The molecule has 7 nitrogen and oxygen atoms in total. The number of ether oxygens (including phenoxy) is 5. The standard InChI is InChI=1S/C18H38O7S2/c1-13(22-7-15(3)24-9-17(19)11-26)5-21-6-14(2)23-8-16(4)25-10-18(20)12-27/h13-20,26-27H,5-12H2,1-4H3. The zero-order chi connectivity index (χ0) is 20.7. The maximum atomic E-state index is 9.40. The fourth-order valence-corrected chi connectivity index (χ4v) is 2.06. The Morgan fingerprint density at radius 1 is 0.556 bits per heavy atom. The third-order valence-corrected chi connectivity index (χ3v) is 4.35. The number of hydrogen-bond donors (Lipinski definition) is 4. The molecule has 0 bridgehead atoms. The van der Waals surface area contributed by atoms with Gasteiger partial charge in [0.25, 0.3) is 0 Å². The number of aliphatic hydroxyl groups is 2. The summed E-state index contributed by atoms with van der Waals surface area (Å²) in [6.45, 7) is 9.95. The van der Waals surface area contributed by atoms with E-state index in [1.807, 2.05) is 27.7 Å². The van der Waals surface area contributed by atoms with Crippen LogP contribution in [0.4, 0.5) is 0 Å². The van der Waals surface area contributed by atoms with Gasteiger partial charge < -0.3 is 33.9 Å². The molecule has 27 heavy (non-hydrogen) atoms. The molecular formula is C18H38O7S2. The summed E-state index contributed by atoms with van der Waals surface area (Å²) in [7, 11) is 0. The molecule has 0 spiro atoms. The predicted molar refractivity (Wildman–Crippen MR) is 112 cm³/mol. The van der Waals surface area contributed by atoms with E-state index in [4.69, 9.17) is 23.7 Å². The monoisotopic (exact) mass is 430 g/mol. The lowest BCUT2D eigenvalue weighted by Gasteiger charge is -2.21. The van der Waals surface area contributed by atoms with Gasteiger partial charge >= 0.3 is 0 Å². The third kappa shape index (κ3) is 17.0. The zero-order valence-corrected chi connectivity index (χ0v) is 18.7. The van der Waals surface area contributed by atoms with Crippen molar-refractivity contribution in [2.45, 2.75) is 64.3 Å². The van der Waals surface area contributed by atoms with E-state index in [0.717, 1.165) is 0 Å². The van der Waals surface area contributed by atoms with Crippen LogP contribution in [0, 0.1) is 0 Å². The Balaban J connectivity index is 3.68. The molecule has 6 unspecified atom stereocenters. The second-order valence-corrected chi connectivity index (χ2v) is 7.52. The van der Waals surface area contributed by atoms with E-state index >= 15 is 0 Å². The van der Waals surface area contributed by atoms with Gasteiger partial charge in [-0.1, -0.05) is 0 Å². The van der Waals surface area contributed by atoms with Crippen molar-refractivity contribution >= 4 is 25.3 Å². The summed E-state index contributed by atoms with van der Waals surface area (Å²) in [6.07, 6.45) is -1.46. The smallest absolute Gasteiger partial charge is 0.0861 e. The molecular weight excluding hydrogens is 392 g/mol. The van der Waals surface area contributed by atoms with Crippen LogP contribution in [0.3, 0.4) is 0 Å². The summed E-state index contributed by atoms with van der Waals surface area (Å²) < 4.78 is 27.9. The summed E-state index contributed by atoms with van der Waals surface area (Å²) in [4.78, 5) is 0. The highest BCUT2D eigenvalue weighted by Gasteiger charge is 2.12. The minimum atomic E-state index is -0.556. The van der Waals surface area contributed by atoms with Gasteiger partial charge in [0, 0.05) is 11.5 Å². The van der Waals surface area contributed by atoms with Crippen LogP contribution in [-0.2, 0) is 23.7 Å². The predicted octanol–water partition coefficient (Wildman–Crippen LogP) is 1.20. The Hall–Kier alpha value is 0.420. The molecule has 0 saturated carbocycles. The molecule has 2 N–H and O–H groups in total. The van der Waals surface area contributed by atoms with Crippen LogP contribution in [0.5, 0.6) is 0 Å². The maximum absolute atomic E-state index is 9.40. The summed E-state index contributed by atoms with van der Waals surface area (Å²) >= 11 is 8.00. The SMILES string of the molecule is CC(COCC(C)OCC(C)OCC(O)CS)OCC(C)OCC(O)CS. The topological polar surface area (TPSA) is 86.6 Å². The maximum Gasteiger partial charge on any atom is 0.0861 e. The lowest BCUT2D eigenvalue weighted by atomic mass is 10.3. The van der Waals surface area contributed by atoms with Crippen LogP contribution in [-0.4, -0.2) is 98.0 Å². The lowest BCUT2D eigenvalue weighted by Crippen LogP contribution is -2.29. The average molecular weight is 431 g/mol. The fourth-order valence-electron chi connectivity index (χ4n) is 1.85. The third-order valence-electron chi connectivity index (χ3n) is 3.50. The van der Waals surface area contributed by atoms with Crippen LogP contribution >= 0.6 is 25.3 Å². The van der Waals surface area contributed by atoms with E-state index in [9.17, 15) is 10.2 Å². The Morgan fingerprint density at radius 3 is 1.19 bits per heavy atom. The van der Waals surface area contributed by atoms with Gasteiger partial charge in [-0.05, 0) is 27.7 Å². The van der Waals surface area contributed by atoms with E-state index in [0.29, 0.717) is 37.9 Å². The van der Waals surface area contributed by atoms with Crippen LogP contribution in [0.2, 0.25) is 0 Å². The molecule has 0 amide bonds. The number of thiol groups is 2. The second-order valence-electron chi connectivity index (χ2n) is 6.79. The first-order chi connectivity index (χ1) is 12.8. The van der Waals surface area contributed by atoms with Gasteiger partial charge in [0.15, 0.2) is 0 Å². The van der Waals surface area contributed by atoms with Gasteiger partial charge in [-0.25, -0.2) is 0 Å². The molecule has 0 radical (unpaired) electrons. The first kappa shape index (κ1) is 27.4. The van der Waals surface area contributed by atoms with Crippen molar-refractivity contribution in [1.29, 1.82) is 0 Å². The Kier molecular flexibility index (Phi) is 17.6. The molecule has 0 aromatic carbocycles. The van der Waals surface area contributed by atoms with Crippen molar-refractivity contribution in [2.75, 3.05) is 51.1 Å². The van der Waals surface area contributed by atoms with E-state index in [2.05, 4.69) is 25.3 Å². The van der Waals surface area contributed by atoms with Crippen LogP contribution in [0.25, 0.3) is 0 Å². The first-order valence-electron chi connectivity index (χ1n) is 9.40. The normalized spacial score (nSPS) is 18.7. The molecule has 6 atom stereocenters.